The second kappa shape index (κ2) is 23.0. The molecule has 0 fully saturated rings. The number of amides is 3. The van der Waals surface area contributed by atoms with Gasteiger partial charge in [0.1, 0.15) is 12.1 Å². The highest BCUT2D eigenvalue weighted by molar-refractivity contribution is 8.77. The molecule has 6 N–H and O–H groups in total. The normalized spacial score (nSPS) is 12.4. The maximum absolute atomic E-state index is 12.5. The number of primary amides is 1. The summed E-state index contributed by atoms with van der Waals surface area (Å²) in [6.45, 7) is 2.13. The average molecular weight is 717 g/mol. The molecule has 266 valence electrons. The maximum Gasteiger partial charge on any atom is 0.327 e. The number of ether oxygens (including phenoxy) is 3. The van der Waals surface area contributed by atoms with Crippen molar-refractivity contribution in [3.63, 3.8) is 0 Å². The van der Waals surface area contributed by atoms with E-state index in [1.54, 1.807) is 7.05 Å². The third kappa shape index (κ3) is 15.9. The van der Waals surface area contributed by atoms with Crippen molar-refractivity contribution < 1.29 is 48.2 Å². The van der Waals surface area contributed by atoms with E-state index in [9.17, 15) is 39.2 Å². The Labute approximate surface area is 283 Å². The Bertz CT molecular complexity index is 1330. The third-order valence-corrected chi connectivity index (χ3v) is 8.72. The van der Waals surface area contributed by atoms with Gasteiger partial charge in [0.05, 0.1) is 30.3 Å². The van der Waals surface area contributed by atoms with Gasteiger partial charge >= 0.3 is 11.9 Å². The van der Waals surface area contributed by atoms with E-state index in [2.05, 4.69) is 26.0 Å². The predicted molar refractivity (Wildman–Crippen MR) is 176 cm³/mol. The van der Waals surface area contributed by atoms with E-state index in [1.165, 1.54) is 20.1 Å². The molecule has 0 radical (unpaired) electrons. The smallest absolute Gasteiger partial charge is 0.327 e. The number of azide groups is 1. The van der Waals surface area contributed by atoms with Crippen molar-refractivity contribution in [3.05, 3.63) is 38.3 Å². The number of rotatable bonds is 25. The van der Waals surface area contributed by atoms with E-state index < -0.39 is 52.1 Å². The van der Waals surface area contributed by atoms with Crippen molar-refractivity contribution in [3.8, 4) is 11.5 Å². The summed E-state index contributed by atoms with van der Waals surface area (Å²) in [4.78, 5) is 73.7. The summed E-state index contributed by atoms with van der Waals surface area (Å²) < 4.78 is 16.3. The predicted octanol–water partition coefficient (Wildman–Crippen LogP) is 2.34. The summed E-state index contributed by atoms with van der Waals surface area (Å²) in [5.74, 6) is -3.82. The summed E-state index contributed by atoms with van der Waals surface area (Å²) in [7, 11) is 4.79. The van der Waals surface area contributed by atoms with E-state index in [0.29, 0.717) is 13.0 Å². The first-order valence-electron chi connectivity index (χ1n) is 14.6. The van der Waals surface area contributed by atoms with Crippen molar-refractivity contribution in [1.29, 1.82) is 0 Å². The number of methoxy groups -OCH3 is 1. The fourth-order valence-corrected chi connectivity index (χ4v) is 6.13. The third-order valence-electron chi connectivity index (χ3n) is 6.18. The number of nitrogens with zero attached hydrogens (tertiary/aromatic N) is 4. The summed E-state index contributed by atoms with van der Waals surface area (Å²) in [5.41, 5.74) is 13.4. The topological polar surface area (TPSA) is 287 Å². The maximum atomic E-state index is 12.5. The molecule has 0 aliphatic rings. The number of nitrogens with one attached hydrogen (secondary N) is 3. The van der Waals surface area contributed by atoms with E-state index in [-0.39, 0.29) is 73.8 Å². The molecule has 3 amide bonds. The first-order chi connectivity index (χ1) is 22.8. The van der Waals surface area contributed by atoms with Gasteiger partial charge in [-0.25, -0.2) is 4.79 Å². The summed E-state index contributed by atoms with van der Waals surface area (Å²) in [5, 5.41) is 31.0. The van der Waals surface area contributed by atoms with Gasteiger partial charge in [0.25, 0.3) is 11.6 Å². The van der Waals surface area contributed by atoms with E-state index in [0.717, 1.165) is 27.7 Å². The zero-order valence-electron chi connectivity index (χ0n) is 26.7. The number of carboxylic acids is 1. The lowest BCUT2D eigenvalue weighted by molar-refractivity contribution is -0.386. The molecule has 0 aromatic heterocycles. The SMILES string of the molecule is CNCCCC(=O)OC(C)c1cc(OC)c(OCCCC(=O)NC(SSCC(NC(=O)CCCN=[N+]=[N-])C(=O)O)C(N)=O)cc1[N+](=O)[O-]. The molecule has 0 bridgehead atoms. The van der Waals surface area contributed by atoms with Crippen LogP contribution in [0.3, 0.4) is 0 Å². The van der Waals surface area contributed by atoms with Crippen LogP contribution in [-0.4, -0.2) is 90.7 Å². The lowest BCUT2D eigenvalue weighted by atomic mass is 10.1. The van der Waals surface area contributed by atoms with Gasteiger partial charge in [-0.2, -0.15) is 0 Å². The van der Waals surface area contributed by atoms with Gasteiger partial charge in [-0.3, -0.25) is 29.3 Å². The number of nitrogens with two attached hydrogens (primary N) is 1. The highest BCUT2D eigenvalue weighted by Crippen LogP contribution is 2.38. The second-order valence-electron chi connectivity index (χ2n) is 9.86. The van der Waals surface area contributed by atoms with Crippen LogP contribution in [0.1, 0.15) is 57.1 Å². The summed E-state index contributed by atoms with van der Waals surface area (Å²) in [6, 6.07) is 1.21. The lowest BCUT2D eigenvalue weighted by Gasteiger charge is -2.18. The highest BCUT2D eigenvalue weighted by atomic mass is 33.1. The Morgan fingerprint density at radius 1 is 1.10 bits per heavy atom. The first-order valence-corrected chi connectivity index (χ1v) is 17.0. The summed E-state index contributed by atoms with van der Waals surface area (Å²) in [6.07, 6.45) is -0.0757. The molecule has 48 heavy (non-hydrogen) atoms. The first kappa shape index (κ1) is 41.6. The molecule has 1 aromatic carbocycles. The van der Waals surface area contributed by atoms with Gasteiger partial charge in [-0.1, -0.05) is 26.7 Å². The number of carbonyl (C=O) groups excluding carboxylic acids is 4. The van der Waals surface area contributed by atoms with Crippen LogP contribution in [0.4, 0.5) is 5.69 Å². The molecule has 1 rings (SSSR count). The molecule has 3 unspecified atom stereocenters. The van der Waals surface area contributed by atoms with Gasteiger partial charge in [0.2, 0.25) is 11.8 Å². The standard InChI is InChI=1S/C27H40N8O11S2/c1-16(46-24(38)9-5-10-30-2)17-13-20(44-3)21(14-19(17)35(42)43)45-12-6-8-23(37)33-26(25(28)39)48-47-15-18(27(40)41)32-22(36)7-4-11-31-34-29/h13-14,16,18,26,30H,4-12,15H2,1-3H3,(H2,28,39)(H,32,36)(H,33,37)(H,40,41). The second-order valence-corrected chi connectivity index (χ2v) is 12.4. The van der Waals surface area contributed by atoms with Crippen LogP contribution >= 0.6 is 21.6 Å². The van der Waals surface area contributed by atoms with Crippen LogP contribution in [-0.2, 0) is 28.7 Å². The fourth-order valence-electron chi connectivity index (χ4n) is 3.80. The molecule has 1 aromatic rings. The Balaban J connectivity index is 2.69. The van der Waals surface area contributed by atoms with Gasteiger partial charge in [0, 0.05) is 36.5 Å². The van der Waals surface area contributed by atoms with Crippen LogP contribution in [0.2, 0.25) is 0 Å². The molecule has 0 spiro atoms. The van der Waals surface area contributed by atoms with Crippen LogP contribution in [0.25, 0.3) is 10.4 Å². The van der Waals surface area contributed by atoms with Gasteiger partial charge < -0.3 is 41.0 Å². The van der Waals surface area contributed by atoms with Crippen molar-refractivity contribution in [2.45, 2.75) is 63.0 Å². The van der Waals surface area contributed by atoms with E-state index in [1.807, 2.05) is 0 Å². The van der Waals surface area contributed by atoms with E-state index in [4.69, 9.17) is 25.5 Å². The molecule has 3 atom stereocenters. The Hall–Kier alpha value is -4.46. The minimum absolute atomic E-state index is 0.0265. The molecular weight excluding hydrogens is 676 g/mol. The zero-order chi connectivity index (χ0) is 36.1. The molecule has 21 heteroatoms. The number of hydrogen-bond donors (Lipinski definition) is 5. The number of carbonyl (C=O) groups is 5. The Morgan fingerprint density at radius 3 is 2.40 bits per heavy atom. The van der Waals surface area contributed by atoms with Crippen LogP contribution in [0.5, 0.6) is 11.5 Å². The minimum Gasteiger partial charge on any atom is -0.493 e. The number of benzene rings is 1. The number of nitro groups is 1. The fraction of sp³-hybridized carbons (Fsp3) is 0.593. The monoisotopic (exact) mass is 716 g/mol. The van der Waals surface area contributed by atoms with Crippen molar-refractivity contribution >= 4 is 56.9 Å². The summed E-state index contributed by atoms with van der Waals surface area (Å²) >= 11 is 0. The molecule has 0 heterocycles. The molecule has 0 saturated heterocycles. The van der Waals surface area contributed by atoms with Crippen LogP contribution in [0, 0.1) is 10.1 Å². The van der Waals surface area contributed by atoms with Crippen molar-refractivity contribution in [2.24, 2.45) is 10.8 Å². The van der Waals surface area contributed by atoms with Crippen molar-refractivity contribution in [1.82, 2.24) is 16.0 Å². The number of hydrogen-bond acceptors (Lipinski definition) is 14. The zero-order valence-corrected chi connectivity index (χ0v) is 28.3. The largest absolute Gasteiger partial charge is 0.493 e. The number of carboxylic acid groups (broad SMARTS) is 1. The van der Waals surface area contributed by atoms with Gasteiger partial charge in [0.15, 0.2) is 16.9 Å². The van der Waals surface area contributed by atoms with Crippen molar-refractivity contribution in [2.75, 3.05) is 39.6 Å². The molecule has 19 nitrogen and oxygen atoms in total. The highest BCUT2D eigenvalue weighted by Gasteiger charge is 2.27. The lowest BCUT2D eigenvalue weighted by Crippen LogP contribution is -2.43. The number of esters is 1. The van der Waals surface area contributed by atoms with Crippen LogP contribution < -0.4 is 31.2 Å². The van der Waals surface area contributed by atoms with E-state index >= 15 is 0 Å². The number of nitro benzene ring substituents is 1. The Morgan fingerprint density at radius 2 is 1.79 bits per heavy atom. The minimum atomic E-state index is -1.31. The molecule has 0 aliphatic carbocycles. The van der Waals surface area contributed by atoms with Gasteiger partial charge in [-0.15, -0.1) is 0 Å². The Kier molecular flexibility index (Phi) is 19.9. The quantitative estimate of drug-likeness (QED) is 0.0112. The average Bonchev–Trinajstić information content (AvgIpc) is 3.03. The molecular formula is C27H40N8O11S2. The number of aliphatic carboxylic acids is 1. The molecule has 0 aliphatic heterocycles. The van der Waals surface area contributed by atoms with Gasteiger partial charge in [-0.05, 0) is 51.4 Å². The van der Waals surface area contributed by atoms with Crippen LogP contribution in [0.15, 0.2) is 17.2 Å². The molecule has 0 saturated carbocycles.